The Kier molecular flexibility index (Phi) is 13.3. The van der Waals surface area contributed by atoms with Gasteiger partial charge in [0.2, 0.25) is 13.6 Å². The van der Waals surface area contributed by atoms with Crippen LogP contribution in [-0.4, -0.2) is 71.2 Å². The summed E-state index contributed by atoms with van der Waals surface area (Å²) in [5.74, 6) is -1.68. The van der Waals surface area contributed by atoms with Crippen LogP contribution in [0.3, 0.4) is 0 Å². The van der Waals surface area contributed by atoms with E-state index < -0.39 is 74.2 Å². The molecule has 0 aromatic carbocycles. The predicted octanol–water partition coefficient (Wildman–Crippen LogP) is -2.34. The normalized spacial score (nSPS) is 9.87. The fourth-order valence-corrected chi connectivity index (χ4v) is 2.43. The van der Waals surface area contributed by atoms with E-state index in [-0.39, 0.29) is 19.5 Å². The first kappa shape index (κ1) is 31.7. The largest absolute Gasteiger partial charge is 0.453 e. The van der Waals surface area contributed by atoms with Crippen molar-refractivity contribution in [3.8, 4) is 0 Å². The molecule has 1 aromatic rings. The fourth-order valence-electron chi connectivity index (χ4n) is 2.43. The summed E-state index contributed by atoms with van der Waals surface area (Å²) in [6, 6.07) is 0. The molecule has 39 heavy (non-hydrogen) atoms. The first-order valence-corrected chi connectivity index (χ1v) is 10.7. The number of carbonyl (C=O) groups is 5. The summed E-state index contributed by atoms with van der Waals surface area (Å²) in [6.45, 7) is 2.93. The maximum absolute atomic E-state index is 12.8. The summed E-state index contributed by atoms with van der Waals surface area (Å²) < 4.78 is 24.0. The molecule has 0 bridgehead atoms. The average molecular weight is 558 g/mol. The van der Waals surface area contributed by atoms with Crippen LogP contribution >= 0.6 is 0 Å². The predicted molar refractivity (Wildman–Crippen MR) is 126 cm³/mol. The van der Waals surface area contributed by atoms with Gasteiger partial charge in [-0.2, -0.15) is 0 Å². The SMILES string of the molecule is C=CC(=O)OCOC(=O)NCCCn1c(=O)n(CNC(=O)OC)c(=O)n(CNC(=O)OCOC(=O)C=C)c1=O. The highest BCUT2D eigenvalue weighted by molar-refractivity contribution is 5.81. The molecule has 19 heteroatoms. The Labute approximate surface area is 218 Å². The highest BCUT2D eigenvalue weighted by Gasteiger charge is 2.17. The van der Waals surface area contributed by atoms with Crippen LogP contribution in [0.1, 0.15) is 6.42 Å². The van der Waals surface area contributed by atoms with Crippen LogP contribution in [-0.2, 0) is 53.2 Å². The van der Waals surface area contributed by atoms with E-state index in [1.54, 1.807) is 0 Å². The van der Waals surface area contributed by atoms with Gasteiger partial charge in [-0.15, -0.1) is 0 Å². The molecule has 1 heterocycles. The molecule has 0 atom stereocenters. The Bertz CT molecular complexity index is 1260. The number of esters is 2. The van der Waals surface area contributed by atoms with Crippen LogP contribution in [0.5, 0.6) is 0 Å². The lowest BCUT2D eigenvalue weighted by molar-refractivity contribution is -0.146. The summed E-state index contributed by atoms with van der Waals surface area (Å²) in [5, 5.41) is 6.46. The Morgan fingerprint density at radius 2 is 1.13 bits per heavy atom. The minimum absolute atomic E-state index is 0.0243. The number of carbonyl (C=O) groups excluding carboxylic acids is 5. The molecule has 214 valence electrons. The standard InChI is InChI=1S/C20H26N6O13/c1-4-13(27)36-11-38-16(30)21-7-6-8-24-18(32)25(9-22-15(29)35-3)20(34)26(19(24)33)10-23-17(31)39-12-37-14(28)5-2/h4-5H,1-2,6-12H2,3H3,(H,21,30)(H,22,29)(H,23,31). The third-order valence-electron chi connectivity index (χ3n) is 4.28. The van der Waals surface area contributed by atoms with Crippen molar-refractivity contribution in [2.75, 3.05) is 27.2 Å². The Morgan fingerprint density at radius 3 is 1.59 bits per heavy atom. The van der Waals surface area contributed by atoms with Gasteiger partial charge in [-0.25, -0.2) is 52.1 Å². The zero-order valence-electron chi connectivity index (χ0n) is 20.7. The van der Waals surface area contributed by atoms with Gasteiger partial charge in [-0.05, 0) is 6.42 Å². The number of alkyl carbamates (subject to hydrolysis) is 3. The van der Waals surface area contributed by atoms with E-state index in [2.05, 4.69) is 52.8 Å². The molecule has 0 fully saturated rings. The monoisotopic (exact) mass is 558 g/mol. The molecule has 0 radical (unpaired) electrons. The first-order chi connectivity index (χ1) is 18.5. The molecular weight excluding hydrogens is 532 g/mol. The average Bonchev–Trinajstić information content (AvgIpc) is 2.91. The van der Waals surface area contributed by atoms with E-state index in [1.165, 1.54) is 0 Å². The molecule has 0 saturated carbocycles. The van der Waals surface area contributed by atoms with E-state index in [1.807, 2.05) is 0 Å². The van der Waals surface area contributed by atoms with Crippen LogP contribution in [0.2, 0.25) is 0 Å². The van der Waals surface area contributed by atoms with Crippen molar-refractivity contribution in [2.24, 2.45) is 0 Å². The van der Waals surface area contributed by atoms with Crippen molar-refractivity contribution >= 4 is 30.2 Å². The van der Waals surface area contributed by atoms with Crippen molar-refractivity contribution in [2.45, 2.75) is 26.3 Å². The van der Waals surface area contributed by atoms with Crippen molar-refractivity contribution in [1.82, 2.24) is 29.7 Å². The minimum Gasteiger partial charge on any atom is -0.453 e. The lowest BCUT2D eigenvalue weighted by Crippen LogP contribution is -2.57. The number of nitrogens with zero attached hydrogens (tertiary/aromatic N) is 3. The number of hydrogen-bond donors (Lipinski definition) is 3. The minimum atomic E-state index is -1.20. The lowest BCUT2D eigenvalue weighted by Gasteiger charge is -2.15. The highest BCUT2D eigenvalue weighted by atomic mass is 16.7. The molecular formula is C20H26N6O13. The van der Waals surface area contributed by atoms with Crippen molar-refractivity contribution < 1.29 is 47.7 Å². The van der Waals surface area contributed by atoms with Crippen molar-refractivity contribution in [3.05, 3.63) is 56.8 Å². The Hall–Kier alpha value is -5.36. The van der Waals surface area contributed by atoms with E-state index in [0.29, 0.717) is 13.7 Å². The number of hydrogen-bond acceptors (Lipinski definition) is 13. The van der Waals surface area contributed by atoms with Crippen LogP contribution in [0, 0.1) is 0 Å². The van der Waals surface area contributed by atoms with Crippen LogP contribution in [0.4, 0.5) is 14.4 Å². The van der Waals surface area contributed by atoms with E-state index in [4.69, 9.17) is 0 Å². The molecule has 3 N–H and O–H groups in total. The first-order valence-electron chi connectivity index (χ1n) is 10.7. The smallest absolute Gasteiger partial charge is 0.411 e. The third-order valence-corrected chi connectivity index (χ3v) is 4.28. The second kappa shape index (κ2) is 16.4. The van der Waals surface area contributed by atoms with E-state index in [0.717, 1.165) is 19.3 Å². The Balaban J connectivity index is 2.97. The summed E-state index contributed by atoms with van der Waals surface area (Å²) in [4.78, 5) is 95.0. The van der Waals surface area contributed by atoms with E-state index in [9.17, 15) is 38.4 Å². The molecule has 1 rings (SSSR count). The molecule has 0 saturated heterocycles. The summed E-state index contributed by atoms with van der Waals surface area (Å²) in [7, 11) is 1.04. The number of aromatic nitrogens is 3. The molecule has 1 aromatic heterocycles. The number of nitrogens with one attached hydrogen (secondary N) is 3. The summed E-state index contributed by atoms with van der Waals surface area (Å²) in [5.41, 5.74) is -3.46. The van der Waals surface area contributed by atoms with Crippen LogP contribution < -0.4 is 33.0 Å². The van der Waals surface area contributed by atoms with Gasteiger partial charge in [0.05, 0.1) is 7.11 Å². The van der Waals surface area contributed by atoms with Crippen molar-refractivity contribution in [1.29, 1.82) is 0 Å². The van der Waals surface area contributed by atoms with Gasteiger partial charge in [0.15, 0.2) is 0 Å². The molecule has 19 nitrogen and oxygen atoms in total. The maximum atomic E-state index is 12.8. The van der Waals surface area contributed by atoms with E-state index >= 15 is 0 Å². The lowest BCUT2D eigenvalue weighted by atomic mass is 10.4. The van der Waals surface area contributed by atoms with Crippen LogP contribution in [0.25, 0.3) is 0 Å². The molecule has 0 aliphatic heterocycles. The number of methoxy groups -OCH3 is 1. The second-order valence-corrected chi connectivity index (χ2v) is 6.73. The summed E-state index contributed by atoms with van der Waals surface area (Å²) >= 11 is 0. The van der Waals surface area contributed by atoms with Gasteiger partial charge in [0.1, 0.15) is 13.3 Å². The number of ether oxygens (including phenoxy) is 5. The third kappa shape index (κ3) is 10.7. The van der Waals surface area contributed by atoms with Crippen molar-refractivity contribution in [3.63, 3.8) is 0 Å². The molecule has 0 aliphatic carbocycles. The van der Waals surface area contributed by atoms with Gasteiger partial charge in [0.25, 0.3) is 0 Å². The summed E-state index contributed by atoms with van der Waals surface area (Å²) in [6.07, 6.45) is -1.46. The topological polar surface area (TPSA) is 234 Å². The second-order valence-electron chi connectivity index (χ2n) is 6.73. The number of rotatable bonds is 14. The van der Waals surface area contributed by atoms with Gasteiger partial charge in [0, 0.05) is 25.2 Å². The van der Waals surface area contributed by atoms with Gasteiger partial charge in [-0.3, -0.25) is 0 Å². The maximum Gasteiger partial charge on any atom is 0.411 e. The highest BCUT2D eigenvalue weighted by Crippen LogP contribution is 1.87. The zero-order chi connectivity index (χ0) is 29.4. The Morgan fingerprint density at radius 1 is 0.692 bits per heavy atom. The zero-order valence-corrected chi connectivity index (χ0v) is 20.7. The molecule has 3 amide bonds. The fraction of sp³-hybridized carbons (Fsp3) is 0.400. The number of amides is 3. The van der Waals surface area contributed by atoms with Crippen LogP contribution in [0.15, 0.2) is 39.7 Å². The molecule has 0 aliphatic rings. The van der Waals surface area contributed by atoms with Gasteiger partial charge >= 0.3 is 47.3 Å². The molecule has 0 unspecified atom stereocenters. The molecule has 0 spiro atoms. The van der Waals surface area contributed by atoms with Gasteiger partial charge in [-0.1, -0.05) is 13.2 Å². The van der Waals surface area contributed by atoms with Gasteiger partial charge < -0.3 is 39.6 Å². The quantitative estimate of drug-likeness (QED) is 0.0715.